The molecule has 7 rings (SSSR count). The Morgan fingerprint density at radius 2 is 1.67 bits per heavy atom. The molecule has 9 nitrogen and oxygen atoms in total. The van der Waals surface area contributed by atoms with E-state index in [0.717, 1.165) is 36.8 Å². The molecule has 2 aliphatic heterocycles. The second-order valence-electron chi connectivity index (χ2n) is 10.9. The van der Waals surface area contributed by atoms with Crippen LogP contribution in [0.1, 0.15) is 38.8 Å². The molecular formula is C33H30N4O5S3. The van der Waals surface area contributed by atoms with Gasteiger partial charge in [0.05, 0.1) is 28.3 Å². The zero-order chi connectivity index (χ0) is 31.1. The third-order valence-electron chi connectivity index (χ3n) is 8.17. The van der Waals surface area contributed by atoms with Gasteiger partial charge >= 0.3 is 6.09 Å². The highest BCUT2D eigenvalue weighted by Crippen LogP contribution is 2.46. The largest absolute Gasteiger partial charge is 0.450 e. The lowest BCUT2D eigenvalue weighted by Crippen LogP contribution is -2.35. The maximum Gasteiger partial charge on any atom is 0.410 e. The number of benzene rings is 3. The maximum absolute atomic E-state index is 13.6. The SMILES string of the molecule is CCOC(=O)N1CCc2c(sc(NC(=O)c3ccc(S(=O)(=O)N4CCc5ccccc5C4)cc3)c2-c2nc3ccccc3s2)C1. The van der Waals surface area contributed by atoms with Crippen LogP contribution in [0.25, 0.3) is 20.8 Å². The van der Waals surface area contributed by atoms with E-state index in [0.29, 0.717) is 56.2 Å². The van der Waals surface area contributed by atoms with Crippen molar-refractivity contribution < 1.29 is 22.7 Å². The van der Waals surface area contributed by atoms with Gasteiger partial charge in [-0.3, -0.25) is 4.79 Å². The number of hydrogen-bond acceptors (Lipinski definition) is 8. The van der Waals surface area contributed by atoms with Crippen LogP contribution in [0.2, 0.25) is 0 Å². The predicted octanol–water partition coefficient (Wildman–Crippen LogP) is 6.54. The number of thiazole rings is 1. The number of thiophene rings is 1. The van der Waals surface area contributed by atoms with Crippen LogP contribution in [0, 0.1) is 0 Å². The van der Waals surface area contributed by atoms with Crippen LogP contribution in [0.3, 0.4) is 0 Å². The van der Waals surface area contributed by atoms with E-state index >= 15 is 0 Å². The average Bonchev–Trinajstić information content (AvgIpc) is 3.65. The molecule has 1 N–H and O–H groups in total. The first-order chi connectivity index (χ1) is 21.8. The molecule has 4 heterocycles. The number of hydrogen-bond donors (Lipinski definition) is 1. The van der Waals surface area contributed by atoms with Gasteiger partial charge in [0.1, 0.15) is 10.0 Å². The van der Waals surface area contributed by atoms with Crippen molar-refractivity contribution in [2.24, 2.45) is 0 Å². The van der Waals surface area contributed by atoms with E-state index in [1.807, 2.05) is 48.5 Å². The van der Waals surface area contributed by atoms with Gasteiger partial charge in [-0.25, -0.2) is 18.2 Å². The lowest BCUT2D eigenvalue weighted by atomic mass is 10.0. The summed E-state index contributed by atoms with van der Waals surface area (Å²) in [6, 6.07) is 21.9. The van der Waals surface area contributed by atoms with Crippen LogP contribution in [0.4, 0.5) is 9.80 Å². The Morgan fingerprint density at radius 1 is 0.911 bits per heavy atom. The van der Waals surface area contributed by atoms with Crippen molar-refractivity contribution in [2.75, 3.05) is 25.0 Å². The van der Waals surface area contributed by atoms with E-state index < -0.39 is 10.0 Å². The summed E-state index contributed by atoms with van der Waals surface area (Å²) in [4.78, 5) is 33.7. The molecular weight excluding hydrogens is 629 g/mol. The van der Waals surface area contributed by atoms with Crippen molar-refractivity contribution in [1.29, 1.82) is 0 Å². The fourth-order valence-corrected chi connectivity index (χ4v) is 9.63. The number of amides is 2. The zero-order valence-electron chi connectivity index (χ0n) is 24.5. The highest BCUT2D eigenvalue weighted by atomic mass is 32.2. The summed E-state index contributed by atoms with van der Waals surface area (Å²) in [6.45, 7) is 3.72. The van der Waals surface area contributed by atoms with Crippen LogP contribution >= 0.6 is 22.7 Å². The second-order valence-corrected chi connectivity index (χ2v) is 15.0. The number of para-hydroxylation sites is 1. The van der Waals surface area contributed by atoms with Crippen molar-refractivity contribution in [3.8, 4) is 10.6 Å². The normalized spacial score (nSPS) is 15.0. The van der Waals surface area contributed by atoms with E-state index in [9.17, 15) is 18.0 Å². The summed E-state index contributed by atoms with van der Waals surface area (Å²) < 4.78 is 34.7. The molecule has 0 fully saturated rings. The molecule has 2 aliphatic rings. The van der Waals surface area contributed by atoms with E-state index in [1.54, 1.807) is 35.3 Å². The topological polar surface area (TPSA) is 109 Å². The van der Waals surface area contributed by atoms with Gasteiger partial charge in [-0.1, -0.05) is 36.4 Å². The molecule has 45 heavy (non-hydrogen) atoms. The van der Waals surface area contributed by atoms with Crippen LogP contribution in [0.15, 0.2) is 77.7 Å². The van der Waals surface area contributed by atoms with E-state index in [1.165, 1.54) is 33.3 Å². The summed E-state index contributed by atoms with van der Waals surface area (Å²) in [5.41, 5.74) is 5.35. The summed E-state index contributed by atoms with van der Waals surface area (Å²) in [5.74, 6) is -0.353. The van der Waals surface area contributed by atoms with Gasteiger partial charge in [-0.05, 0) is 72.9 Å². The van der Waals surface area contributed by atoms with Gasteiger partial charge in [0.2, 0.25) is 10.0 Å². The van der Waals surface area contributed by atoms with Crippen molar-refractivity contribution in [1.82, 2.24) is 14.2 Å². The number of carbonyl (C=O) groups excluding carboxylic acids is 2. The van der Waals surface area contributed by atoms with Gasteiger partial charge in [0.25, 0.3) is 5.91 Å². The summed E-state index contributed by atoms with van der Waals surface area (Å²) in [6.07, 6.45) is 0.918. The standard InChI is InChI=1S/C33H30N4O5S3/c1-2-42-33(39)36-17-16-25-28(20-36)44-32(29(25)31-34-26-9-5-6-10-27(26)43-31)35-30(38)22-11-13-24(14-12-22)45(40,41)37-18-15-21-7-3-4-8-23(21)19-37/h3-14H,2,15-20H2,1H3,(H,35,38). The number of nitrogens with one attached hydrogen (secondary N) is 1. The molecule has 0 atom stereocenters. The molecule has 2 amide bonds. The van der Waals surface area contributed by atoms with Crippen molar-refractivity contribution in [2.45, 2.75) is 37.8 Å². The number of fused-ring (bicyclic) bond motifs is 3. The maximum atomic E-state index is 13.6. The highest BCUT2D eigenvalue weighted by Gasteiger charge is 2.31. The molecule has 0 saturated heterocycles. The molecule has 3 aromatic carbocycles. The first-order valence-electron chi connectivity index (χ1n) is 14.7. The first kappa shape index (κ1) is 29.6. The number of anilines is 1. The number of ether oxygens (including phenoxy) is 1. The van der Waals surface area contributed by atoms with Gasteiger partial charge in [0, 0.05) is 35.6 Å². The fourth-order valence-electron chi connectivity index (χ4n) is 5.85. The molecule has 0 saturated carbocycles. The Labute approximate surface area is 269 Å². The van der Waals surface area contributed by atoms with E-state index in [-0.39, 0.29) is 16.9 Å². The molecule has 0 spiro atoms. The number of aromatic nitrogens is 1. The average molecular weight is 659 g/mol. The molecule has 12 heteroatoms. The Balaban J connectivity index is 1.16. The number of nitrogens with zero attached hydrogens (tertiary/aromatic N) is 3. The summed E-state index contributed by atoms with van der Waals surface area (Å²) >= 11 is 2.99. The third kappa shape index (κ3) is 5.63. The predicted molar refractivity (Wildman–Crippen MR) is 176 cm³/mol. The Kier molecular flexibility index (Phi) is 7.90. The minimum atomic E-state index is -3.73. The highest BCUT2D eigenvalue weighted by molar-refractivity contribution is 7.89. The van der Waals surface area contributed by atoms with E-state index in [4.69, 9.17) is 9.72 Å². The lowest BCUT2D eigenvalue weighted by Gasteiger charge is -2.28. The fraction of sp³-hybridized carbons (Fsp3) is 0.242. The Hall–Kier alpha value is -4.10. The van der Waals surface area contributed by atoms with Crippen molar-refractivity contribution in [3.05, 3.63) is 99.9 Å². The number of sulfonamides is 1. The molecule has 230 valence electrons. The minimum absolute atomic E-state index is 0.152. The van der Waals surface area contributed by atoms with Gasteiger partial charge in [0.15, 0.2) is 0 Å². The molecule has 2 aromatic heterocycles. The molecule has 0 bridgehead atoms. The number of carbonyl (C=O) groups is 2. The zero-order valence-corrected chi connectivity index (χ0v) is 26.9. The Bertz CT molecular complexity index is 2000. The molecule has 0 radical (unpaired) electrons. The molecule has 5 aromatic rings. The quantitative estimate of drug-likeness (QED) is 0.222. The van der Waals surface area contributed by atoms with Crippen molar-refractivity contribution in [3.63, 3.8) is 0 Å². The van der Waals surface area contributed by atoms with E-state index in [2.05, 4.69) is 5.32 Å². The lowest BCUT2D eigenvalue weighted by molar-refractivity contribution is 0.102. The van der Waals surface area contributed by atoms with Gasteiger partial charge in [-0.2, -0.15) is 4.31 Å². The first-order valence-corrected chi connectivity index (χ1v) is 17.8. The summed E-state index contributed by atoms with van der Waals surface area (Å²) in [5, 5.41) is 4.54. The third-order valence-corrected chi connectivity index (χ3v) is 12.2. The number of rotatable bonds is 6. The van der Waals surface area contributed by atoms with Crippen LogP contribution in [0.5, 0.6) is 0 Å². The van der Waals surface area contributed by atoms with Crippen molar-refractivity contribution >= 4 is 59.9 Å². The van der Waals surface area contributed by atoms with Crippen LogP contribution in [-0.2, 0) is 40.7 Å². The Morgan fingerprint density at radius 3 is 2.44 bits per heavy atom. The minimum Gasteiger partial charge on any atom is -0.450 e. The van der Waals surface area contributed by atoms with Gasteiger partial charge < -0.3 is 15.0 Å². The van der Waals surface area contributed by atoms with Crippen LogP contribution in [-0.4, -0.2) is 54.3 Å². The second kappa shape index (κ2) is 12.0. The molecule has 0 unspecified atom stereocenters. The van der Waals surface area contributed by atoms with Crippen LogP contribution < -0.4 is 5.32 Å². The monoisotopic (exact) mass is 658 g/mol. The van der Waals surface area contributed by atoms with Gasteiger partial charge in [-0.15, -0.1) is 22.7 Å². The summed E-state index contributed by atoms with van der Waals surface area (Å²) in [7, 11) is -3.73. The smallest absolute Gasteiger partial charge is 0.410 e. The molecule has 0 aliphatic carbocycles.